The first-order valence-corrected chi connectivity index (χ1v) is 8.24. The van der Waals surface area contributed by atoms with Gasteiger partial charge in [0, 0.05) is 21.9 Å². The molecule has 2 aromatic rings. The van der Waals surface area contributed by atoms with E-state index in [-0.39, 0.29) is 18.2 Å². The number of aliphatic hydroxyl groups excluding tert-OH is 1. The maximum atomic E-state index is 13.6. The van der Waals surface area contributed by atoms with Crippen LogP contribution in [0.5, 0.6) is 0 Å². The second kappa shape index (κ2) is 7.57. The highest BCUT2D eigenvalue weighted by Crippen LogP contribution is 2.26. The highest BCUT2D eigenvalue weighted by atomic mass is 32.1. The lowest BCUT2D eigenvalue weighted by Gasteiger charge is -2.17. The molecule has 0 saturated heterocycles. The van der Waals surface area contributed by atoms with Gasteiger partial charge in [0.2, 0.25) is 0 Å². The molecular weight excluding hydrogens is 315 g/mol. The Morgan fingerprint density at radius 3 is 2.61 bits per heavy atom. The van der Waals surface area contributed by atoms with E-state index in [1.807, 2.05) is 20.8 Å². The molecule has 1 aromatic heterocycles. The maximum Gasteiger partial charge on any atom is 0.315 e. The van der Waals surface area contributed by atoms with E-state index in [9.17, 15) is 14.3 Å². The minimum atomic E-state index is -1.08. The number of amides is 2. The van der Waals surface area contributed by atoms with Gasteiger partial charge in [0.1, 0.15) is 5.82 Å². The Kier molecular flexibility index (Phi) is 5.74. The Labute approximate surface area is 139 Å². The predicted molar refractivity (Wildman–Crippen MR) is 90.1 cm³/mol. The molecule has 0 aliphatic carbocycles. The molecule has 0 aliphatic rings. The third kappa shape index (κ3) is 4.53. The van der Waals surface area contributed by atoms with Gasteiger partial charge in [0.15, 0.2) is 0 Å². The molecule has 0 aliphatic heterocycles. The van der Waals surface area contributed by atoms with Crippen molar-refractivity contribution in [1.82, 2.24) is 10.6 Å². The van der Waals surface area contributed by atoms with Crippen molar-refractivity contribution in [1.29, 1.82) is 0 Å². The number of rotatable bonds is 5. The van der Waals surface area contributed by atoms with Crippen LogP contribution >= 0.6 is 11.3 Å². The van der Waals surface area contributed by atoms with Crippen LogP contribution in [-0.2, 0) is 0 Å². The summed E-state index contributed by atoms with van der Waals surface area (Å²) in [6.07, 6.45) is -1.08. The van der Waals surface area contributed by atoms with Crippen molar-refractivity contribution < 1.29 is 14.3 Å². The van der Waals surface area contributed by atoms with Crippen LogP contribution in [0.3, 0.4) is 0 Å². The second-order valence-corrected chi connectivity index (χ2v) is 6.94. The zero-order valence-electron chi connectivity index (χ0n) is 13.4. The van der Waals surface area contributed by atoms with Gasteiger partial charge in [-0.15, -0.1) is 11.3 Å². The van der Waals surface area contributed by atoms with Crippen molar-refractivity contribution >= 4 is 17.4 Å². The molecule has 2 amide bonds. The van der Waals surface area contributed by atoms with Crippen LogP contribution in [0.1, 0.15) is 40.0 Å². The molecule has 23 heavy (non-hydrogen) atoms. The second-order valence-electron chi connectivity index (χ2n) is 5.48. The summed E-state index contributed by atoms with van der Waals surface area (Å²) in [6.45, 7) is 5.90. The third-order valence-electron chi connectivity index (χ3n) is 3.61. The van der Waals surface area contributed by atoms with Gasteiger partial charge in [-0.05, 0) is 38.5 Å². The molecule has 3 N–H and O–H groups in total. The normalized spacial score (nSPS) is 13.4. The zero-order valence-corrected chi connectivity index (χ0v) is 14.2. The fraction of sp³-hybridized carbons (Fsp3) is 0.353. The van der Waals surface area contributed by atoms with Gasteiger partial charge < -0.3 is 15.7 Å². The van der Waals surface area contributed by atoms with E-state index in [1.54, 1.807) is 23.5 Å². The number of urea groups is 1. The van der Waals surface area contributed by atoms with Gasteiger partial charge in [-0.3, -0.25) is 0 Å². The molecule has 2 rings (SSSR count). The zero-order chi connectivity index (χ0) is 17.0. The van der Waals surface area contributed by atoms with Crippen molar-refractivity contribution in [2.75, 3.05) is 6.54 Å². The van der Waals surface area contributed by atoms with Crippen molar-refractivity contribution in [2.24, 2.45) is 0 Å². The summed E-state index contributed by atoms with van der Waals surface area (Å²) >= 11 is 1.69. The highest BCUT2D eigenvalue weighted by molar-refractivity contribution is 7.12. The van der Waals surface area contributed by atoms with E-state index in [0.717, 1.165) is 5.56 Å². The Morgan fingerprint density at radius 1 is 1.30 bits per heavy atom. The van der Waals surface area contributed by atoms with E-state index < -0.39 is 18.0 Å². The Bertz CT molecular complexity index is 687. The van der Waals surface area contributed by atoms with Gasteiger partial charge in [-0.1, -0.05) is 18.2 Å². The monoisotopic (exact) mass is 336 g/mol. The maximum absolute atomic E-state index is 13.6. The minimum Gasteiger partial charge on any atom is -0.386 e. The predicted octanol–water partition coefficient (Wildman–Crippen LogP) is 3.60. The molecule has 1 heterocycles. The van der Waals surface area contributed by atoms with Gasteiger partial charge in [-0.2, -0.15) is 0 Å². The average Bonchev–Trinajstić information content (AvgIpc) is 2.84. The third-order valence-corrected chi connectivity index (χ3v) is 4.60. The van der Waals surface area contributed by atoms with Crippen LogP contribution in [0.15, 0.2) is 30.3 Å². The van der Waals surface area contributed by atoms with E-state index in [0.29, 0.717) is 0 Å². The van der Waals surface area contributed by atoms with Gasteiger partial charge in [-0.25, -0.2) is 9.18 Å². The van der Waals surface area contributed by atoms with Crippen LogP contribution < -0.4 is 10.6 Å². The average molecular weight is 336 g/mol. The first kappa shape index (κ1) is 17.4. The fourth-order valence-corrected chi connectivity index (χ4v) is 3.47. The molecule has 0 spiro atoms. The number of hydrogen-bond acceptors (Lipinski definition) is 3. The number of thiophene rings is 1. The molecular formula is C17H21FN2O2S. The number of hydrogen-bond donors (Lipinski definition) is 3. The first-order chi connectivity index (χ1) is 10.9. The van der Waals surface area contributed by atoms with Crippen LogP contribution in [0.25, 0.3) is 0 Å². The van der Waals surface area contributed by atoms with E-state index in [2.05, 4.69) is 16.7 Å². The van der Waals surface area contributed by atoms with Gasteiger partial charge in [0.05, 0.1) is 12.1 Å². The number of aliphatic hydroxyl groups is 1. The summed E-state index contributed by atoms with van der Waals surface area (Å²) in [5, 5.41) is 15.4. The molecule has 6 heteroatoms. The first-order valence-electron chi connectivity index (χ1n) is 7.42. The molecule has 0 fully saturated rings. The highest BCUT2D eigenvalue weighted by Gasteiger charge is 2.16. The number of carbonyl (C=O) groups is 1. The number of aryl methyl sites for hydroxylation is 2. The van der Waals surface area contributed by atoms with Gasteiger partial charge in [0.25, 0.3) is 0 Å². The summed E-state index contributed by atoms with van der Waals surface area (Å²) < 4.78 is 13.6. The molecule has 1 aromatic carbocycles. The minimum absolute atomic E-state index is 0.0544. The number of carbonyl (C=O) groups excluding carboxylic acids is 1. The summed E-state index contributed by atoms with van der Waals surface area (Å²) in [4.78, 5) is 14.3. The number of benzene rings is 1. The van der Waals surface area contributed by atoms with Crippen LogP contribution in [0.2, 0.25) is 0 Å². The van der Waals surface area contributed by atoms with Crippen molar-refractivity contribution in [3.63, 3.8) is 0 Å². The van der Waals surface area contributed by atoms with E-state index in [1.165, 1.54) is 21.9 Å². The Balaban J connectivity index is 1.88. The lowest BCUT2D eigenvalue weighted by atomic mass is 10.1. The molecule has 0 radical (unpaired) electrons. The molecule has 0 saturated carbocycles. The summed E-state index contributed by atoms with van der Waals surface area (Å²) in [6, 6.07) is 7.51. The Hall–Kier alpha value is -1.92. The lowest BCUT2D eigenvalue weighted by molar-refractivity contribution is 0.168. The van der Waals surface area contributed by atoms with Crippen LogP contribution in [0, 0.1) is 19.7 Å². The van der Waals surface area contributed by atoms with Crippen molar-refractivity contribution in [3.8, 4) is 0 Å². The van der Waals surface area contributed by atoms with Crippen molar-refractivity contribution in [2.45, 2.75) is 32.9 Å². The summed E-state index contributed by atoms with van der Waals surface area (Å²) in [5.41, 5.74) is 1.25. The summed E-state index contributed by atoms with van der Waals surface area (Å²) in [5.74, 6) is -0.486. The molecule has 0 bridgehead atoms. The Morgan fingerprint density at radius 2 is 2.00 bits per heavy atom. The van der Waals surface area contributed by atoms with Crippen molar-refractivity contribution in [3.05, 3.63) is 57.0 Å². The smallest absolute Gasteiger partial charge is 0.315 e. The van der Waals surface area contributed by atoms with Crippen LogP contribution in [0.4, 0.5) is 9.18 Å². The molecule has 2 atom stereocenters. The standard InChI is InChI=1S/C17H21FN2O2S/c1-10-8-14(12(3)23-10)11(2)20-17(22)19-9-16(21)13-6-4-5-7-15(13)18/h4-8,11,16,21H,9H2,1-3H3,(H2,19,20,22). The topological polar surface area (TPSA) is 61.4 Å². The van der Waals surface area contributed by atoms with E-state index >= 15 is 0 Å². The molecule has 2 unspecified atom stereocenters. The fourth-order valence-electron chi connectivity index (χ4n) is 2.45. The molecule has 4 nitrogen and oxygen atoms in total. The van der Waals surface area contributed by atoms with E-state index in [4.69, 9.17) is 0 Å². The molecule has 124 valence electrons. The number of halogens is 1. The largest absolute Gasteiger partial charge is 0.386 e. The van der Waals surface area contributed by atoms with Gasteiger partial charge >= 0.3 is 6.03 Å². The quantitative estimate of drug-likeness (QED) is 0.781. The summed E-state index contributed by atoms with van der Waals surface area (Å²) in [7, 11) is 0. The lowest BCUT2D eigenvalue weighted by Crippen LogP contribution is -2.39. The SMILES string of the molecule is Cc1cc(C(C)NC(=O)NCC(O)c2ccccc2F)c(C)s1. The van der Waals surface area contributed by atoms with Crippen LogP contribution in [-0.4, -0.2) is 17.7 Å². The number of nitrogens with one attached hydrogen (secondary N) is 2.